The summed E-state index contributed by atoms with van der Waals surface area (Å²) in [7, 11) is -3.06. The van der Waals surface area contributed by atoms with Gasteiger partial charge in [0.1, 0.15) is 4.83 Å². The highest BCUT2D eigenvalue weighted by Gasteiger charge is 2.29. The third-order valence-electron chi connectivity index (χ3n) is 4.69. The molecule has 1 fully saturated rings. The molecule has 3 aromatic rings. The Morgan fingerprint density at radius 2 is 2.27 bits per heavy atom. The summed E-state index contributed by atoms with van der Waals surface area (Å²) in [6, 6.07) is 3.57. The van der Waals surface area contributed by atoms with Crippen molar-refractivity contribution in [3.05, 3.63) is 45.9 Å². The van der Waals surface area contributed by atoms with Crippen molar-refractivity contribution in [2.24, 2.45) is 0 Å². The van der Waals surface area contributed by atoms with Crippen molar-refractivity contribution >= 4 is 60.4 Å². The maximum absolute atomic E-state index is 13.2. The van der Waals surface area contributed by atoms with Crippen molar-refractivity contribution in [1.82, 2.24) is 14.9 Å². The van der Waals surface area contributed by atoms with Crippen LogP contribution in [-0.2, 0) is 21.2 Å². The topological polar surface area (TPSA) is 98.1 Å². The summed E-state index contributed by atoms with van der Waals surface area (Å²) in [5, 5.41) is 7.68. The van der Waals surface area contributed by atoms with Crippen LogP contribution in [0.15, 0.2) is 45.5 Å². The molecule has 4 heterocycles. The Kier molecular flexibility index (Phi) is 6.14. The molecule has 4 rings (SSSR count). The fourth-order valence-corrected chi connectivity index (χ4v) is 7.62. The summed E-state index contributed by atoms with van der Waals surface area (Å²) in [6.45, 7) is 4.01. The fraction of sp³-hybridized carbons (Fsp3) is 0.316. The smallest absolute Gasteiger partial charge is 0.263 e. The number of hydrogen-bond donors (Lipinski definition) is 1. The second kappa shape index (κ2) is 8.66. The molecule has 1 aliphatic rings. The molecular weight excluding hydrogens is 462 g/mol. The number of nitrogens with one attached hydrogen (secondary N) is 1. The van der Waals surface area contributed by atoms with Gasteiger partial charge in [0.2, 0.25) is 5.91 Å². The van der Waals surface area contributed by atoms with Crippen LogP contribution in [0.2, 0.25) is 0 Å². The van der Waals surface area contributed by atoms with E-state index in [2.05, 4.69) is 16.9 Å². The molecule has 1 unspecified atom stereocenters. The van der Waals surface area contributed by atoms with Crippen LogP contribution in [0.5, 0.6) is 0 Å². The zero-order valence-corrected chi connectivity index (χ0v) is 19.1. The van der Waals surface area contributed by atoms with Gasteiger partial charge in [-0.3, -0.25) is 14.2 Å². The molecule has 11 heteroatoms. The van der Waals surface area contributed by atoms with E-state index in [1.807, 2.05) is 22.9 Å². The Balaban J connectivity index is 1.58. The van der Waals surface area contributed by atoms with E-state index >= 15 is 0 Å². The summed E-state index contributed by atoms with van der Waals surface area (Å²) >= 11 is 4.14. The lowest BCUT2D eigenvalue weighted by Crippen LogP contribution is -2.36. The van der Waals surface area contributed by atoms with E-state index in [1.54, 1.807) is 17.4 Å². The molecule has 1 N–H and O–H groups in total. The van der Waals surface area contributed by atoms with Gasteiger partial charge in [-0.25, -0.2) is 13.4 Å². The Bertz CT molecular complexity index is 1260. The quantitative estimate of drug-likeness (QED) is 0.317. The lowest BCUT2D eigenvalue weighted by Gasteiger charge is -2.12. The van der Waals surface area contributed by atoms with E-state index < -0.39 is 9.84 Å². The Labute approximate surface area is 185 Å². The molecule has 1 saturated heterocycles. The highest BCUT2D eigenvalue weighted by atomic mass is 32.2. The maximum atomic E-state index is 13.2. The molecule has 1 amide bonds. The molecule has 0 saturated carbocycles. The number of hydrogen-bond acceptors (Lipinski definition) is 8. The van der Waals surface area contributed by atoms with Gasteiger partial charge in [0.25, 0.3) is 5.56 Å². The van der Waals surface area contributed by atoms with Crippen molar-refractivity contribution in [3.63, 3.8) is 0 Å². The number of thioether (sulfide) groups is 1. The van der Waals surface area contributed by atoms with Gasteiger partial charge in [0.05, 0.1) is 22.6 Å². The third-order valence-corrected chi connectivity index (χ3v) is 9.21. The lowest BCUT2D eigenvalue weighted by molar-refractivity contribution is -0.119. The van der Waals surface area contributed by atoms with E-state index in [9.17, 15) is 18.0 Å². The maximum Gasteiger partial charge on any atom is 0.263 e. The normalized spacial score (nSPS) is 17.9. The van der Waals surface area contributed by atoms with Crippen molar-refractivity contribution in [1.29, 1.82) is 0 Å². The van der Waals surface area contributed by atoms with Crippen LogP contribution in [0.25, 0.3) is 20.7 Å². The van der Waals surface area contributed by atoms with Crippen molar-refractivity contribution in [2.75, 3.05) is 17.3 Å². The molecule has 3 aromatic heterocycles. The molecule has 0 bridgehead atoms. The summed E-state index contributed by atoms with van der Waals surface area (Å²) in [4.78, 5) is 31.8. The van der Waals surface area contributed by atoms with Crippen LogP contribution >= 0.6 is 34.4 Å². The zero-order valence-electron chi connectivity index (χ0n) is 15.9. The summed E-state index contributed by atoms with van der Waals surface area (Å²) in [5.74, 6) is -0.135. The third kappa shape index (κ3) is 4.39. The number of thiophene rings is 2. The first-order chi connectivity index (χ1) is 14.4. The van der Waals surface area contributed by atoms with E-state index in [1.165, 1.54) is 27.7 Å². The molecule has 158 valence electrons. The van der Waals surface area contributed by atoms with Gasteiger partial charge in [-0.05, 0) is 17.9 Å². The SMILES string of the molecule is C=CCn1c(SCC(=O)NC2CCS(=O)(=O)C2)nc2scc(-c3cccs3)c2c1=O. The first-order valence-corrected chi connectivity index (χ1v) is 13.7. The van der Waals surface area contributed by atoms with Gasteiger partial charge in [-0.1, -0.05) is 23.9 Å². The molecule has 1 atom stereocenters. The minimum atomic E-state index is -3.06. The standard InChI is InChI=1S/C19H19N3O4S4/c1-2-6-22-18(24)16-13(14-4-3-7-27-14)9-28-17(16)21-19(22)29-10-15(23)20-12-5-8-30(25,26)11-12/h2-4,7,9,12H,1,5-6,8,10-11H2,(H,20,23). The van der Waals surface area contributed by atoms with E-state index in [0.29, 0.717) is 21.8 Å². The molecule has 7 nitrogen and oxygen atoms in total. The van der Waals surface area contributed by atoms with Gasteiger partial charge in [0.15, 0.2) is 15.0 Å². The molecule has 0 spiro atoms. The predicted octanol–water partition coefficient (Wildman–Crippen LogP) is 2.77. The zero-order chi connectivity index (χ0) is 21.3. The van der Waals surface area contributed by atoms with Gasteiger partial charge in [-0.15, -0.1) is 29.3 Å². The molecule has 0 aromatic carbocycles. The highest BCUT2D eigenvalue weighted by molar-refractivity contribution is 7.99. The van der Waals surface area contributed by atoms with E-state index in [-0.39, 0.29) is 41.3 Å². The lowest BCUT2D eigenvalue weighted by atomic mass is 10.2. The minimum absolute atomic E-state index is 0.0184. The number of rotatable bonds is 7. The average molecular weight is 482 g/mol. The number of sulfone groups is 1. The number of carbonyl (C=O) groups excluding carboxylic acids is 1. The second-order valence-electron chi connectivity index (χ2n) is 6.86. The number of nitrogens with zero attached hydrogens (tertiary/aromatic N) is 2. The first kappa shape index (κ1) is 21.3. The van der Waals surface area contributed by atoms with Crippen molar-refractivity contribution in [3.8, 4) is 10.4 Å². The van der Waals surface area contributed by atoms with Crippen molar-refractivity contribution in [2.45, 2.75) is 24.2 Å². The average Bonchev–Trinajstić information content (AvgIpc) is 3.42. The van der Waals surface area contributed by atoms with Gasteiger partial charge >= 0.3 is 0 Å². The Morgan fingerprint density at radius 3 is 2.93 bits per heavy atom. The highest BCUT2D eigenvalue weighted by Crippen LogP contribution is 2.34. The Hall–Kier alpha value is -1.95. The van der Waals surface area contributed by atoms with E-state index in [0.717, 1.165) is 10.4 Å². The predicted molar refractivity (Wildman–Crippen MR) is 123 cm³/mol. The molecule has 0 radical (unpaired) electrons. The van der Waals surface area contributed by atoms with Crippen LogP contribution < -0.4 is 10.9 Å². The number of aromatic nitrogens is 2. The largest absolute Gasteiger partial charge is 0.352 e. The second-order valence-corrected chi connectivity index (χ2v) is 11.8. The van der Waals surface area contributed by atoms with Gasteiger partial charge in [-0.2, -0.15) is 0 Å². The van der Waals surface area contributed by atoms with Gasteiger partial charge < -0.3 is 5.32 Å². The monoisotopic (exact) mass is 481 g/mol. The minimum Gasteiger partial charge on any atom is -0.352 e. The van der Waals surface area contributed by atoms with Crippen LogP contribution in [0.3, 0.4) is 0 Å². The molecular formula is C19H19N3O4S4. The number of carbonyl (C=O) groups is 1. The van der Waals surface area contributed by atoms with Gasteiger partial charge in [0, 0.05) is 28.4 Å². The number of amides is 1. The summed E-state index contributed by atoms with van der Waals surface area (Å²) in [6.07, 6.45) is 2.06. The van der Waals surface area contributed by atoms with Crippen LogP contribution in [0.4, 0.5) is 0 Å². The van der Waals surface area contributed by atoms with Crippen molar-refractivity contribution < 1.29 is 13.2 Å². The number of allylic oxidation sites excluding steroid dienone is 1. The molecule has 1 aliphatic heterocycles. The van der Waals surface area contributed by atoms with Crippen LogP contribution in [0, 0.1) is 0 Å². The fourth-order valence-electron chi connectivity index (χ4n) is 3.33. The first-order valence-electron chi connectivity index (χ1n) is 9.17. The Morgan fingerprint density at radius 1 is 1.43 bits per heavy atom. The molecule has 0 aliphatic carbocycles. The van der Waals surface area contributed by atoms with Crippen LogP contribution in [-0.4, -0.2) is 47.2 Å². The summed E-state index contributed by atoms with van der Waals surface area (Å²) < 4.78 is 24.6. The summed E-state index contributed by atoms with van der Waals surface area (Å²) in [5.41, 5.74) is 0.714. The molecule has 30 heavy (non-hydrogen) atoms. The van der Waals surface area contributed by atoms with E-state index in [4.69, 9.17) is 0 Å². The van der Waals surface area contributed by atoms with Crippen LogP contribution in [0.1, 0.15) is 6.42 Å². The number of fused-ring (bicyclic) bond motifs is 1.